The first-order chi connectivity index (χ1) is 14.4. The molecule has 0 aliphatic heterocycles. The molecular formula is C23H24ClN5O. The van der Waals surface area contributed by atoms with Gasteiger partial charge >= 0.3 is 0 Å². The van der Waals surface area contributed by atoms with E-state index in [0.717, 1.165) is 28.7 Å². The van der Waals surface area contributed by atoms with Crippen molar-refractivity contribution in [3.63, 3.8) is 0 Å². The largest absolute Gasteiger partial charge is 0.363 e. The summed E-state index contributed by atoms with van der Waals surface area (Å²) in [5, 5.41) is 9.31. The Morgan fingerprint density at radius 1 is 1.10 bits per heavy atom. The molecule has 2 N–H and O–H groups in total. The number of hydrogen-bond donors (Lipinski definition) is 2. The molecule has 30 heavy (non-hydrogen) atoms. The molecule has 3 heterocycles. The van der Waals surface area contributed by atoms with Crippen LogP contribution in [0.15, 0.2) is 59.7 Å². The van der Waals surface area contributed by atoms with Crippen LogP contribution in [0.25, 0.3) is 22.2 Å². The number of H-pyrrole nitrogens is 1. The van der Waals surface area contributed by atoms with Crippen LogP contribution in [0.3, 0.4) is 0 Å². The molecule has 7 heteroatoms. The Balaban J connectivity index is 1.62. The second-order valence-corrected chi connectivity index (χ2v) is 8.31. The summed E-state index contributed by atoms with van der Waals surface area (Å²) < 4.78 is 2.00. The highest BCUT2D eigenvalue weighted by Gasteiger charge is 2.14. The summed E-state index contributed by atoms with van der Waals surface area (Å²) in [4.78, 5) is 20.0. The molecule has 1 atom stereocenters. The molecule has 0 aliphatic carbocycles. The van der Waals surface area contributed by atoms with E-state index in [2.05, 4.69) is 34.2 Å². The van der Waals surface area contributed by atoms with Gasteiger partial charge in [0.1, 0.15) is 5.82 Å². The number of benzene rings is 1. The fourth-order valence-corrected chi connectivity index (χ4v) is 3.73. The van der Waals surface area contributed by atoms with Crippen molar-refractivity contribution in [2.45, 2.75) is 33.4 Å². The molecule has 0 fully saturated rings. The molecule has 0 radical (unpaired) electrons. The molecule has 0 bridgehead atoms. The Kier molecular flexibility index (Phi) is 5.59. The van der Waals surface area contributed by atoms with Gasteiger partial charge in [0.15, 0.2) is 0 Å². The van der Waals surface area contributed by atoms with Gasteiger partial charge in [-0.15, -0.1) is 0 Å². The summed E-state index contributed by atoms with van der Waals surface area (Å²) in [6.45, 7) is 7.12. The Morgan fingerprint density at radius 2 is 1.93 bits per heavy atom. The lowest BCUT2D eigenvalue weighted by Gasteiger charge is -2.16. The average Bonchev–Trinajstić information content (AvgIpc) is 3.15. The smallest absolute Gasteiger partial charge is 0.253 e. The lowest BCUT2D eigenvalue weighted by atomic mass is 10.1. The highest BCUT2D eigenvalue weighted by Crippen LogP contribution is 2.25. The molecule has 1 aromatic carbocycles. The molecule has 0 spiro atoms. The number of pyridine rings is 2. The fourth-order valence-electron chi connectivity index (χ4n) is 3.55. The third-order valence-corrected chi connectivity index (χ3v) is 5.21. The summed E-state index contributed by atoms with van der Waals surface area (Å²) in [6.07, 6.45) is 3.58. The van der Waals surface area contributed by atoms with Crippen molar-refractivity contribution < 1.29 is 0 Å². The maximum Gasteiger partial charge on any atom is 0.253 e. The topological polar surface area (TPSA) is 75.6 Å². The lowest BCUT2D eigenvalue weighted by molar-refractivity contribution is 0.487. The fraction of sp³-hybridized carbons (Fsp3) is 0.261. The summed E-state index contributed by atoms with van der Waals surface area (Å²) in [6, 6.07) is 13.0. The molecule has 4 aromatic rings. The minimum atomic E-state index is -0.236. The van der Waals surface area contributed by atoms with Gasteiger partial charge in [-0.2, -0.15) is 5.10 Å². The van der Waals surface area contributed by atoms with Gasteiger partial charge in [0.05, 0.1) is 11.7 Å². The molecule has 154 valence electrons. The number of anilines is 1. The van der Waals surface area contributed by atoms with E-state index in [1.807, 2.05) is 54.2 Å². The number of aromatic amines is 1. The number of rotatable bonds is 6. The zero-order valence-electron chi connectivity index (χ0n) is 17.2. The summed E-state index contributed by atoms with van der Waals surface area (Å²) in [5.41, 5.74) is 3.33. The predicted molar refractivity (Wildman–Crippen MR) is 122 cm³/mol. The first kappa shape index (κ1) is 20.2. The van der Waals surface area contributed by atoms with E-state index in [-0.39, 0.29) is 11.6 Å². The van der Waals surface area contributed by atoms with Gasteiger partial charge < -0.3 is 10.3 Å². The van der Waals surface area contributed by atoms with Crippen LogP contribution in [0.5, 0.6) is 0 Å². The number of aromatic nitrogens is 4. The SMILES string of the molecule is CC(C)Cn1nccc1-c1ccnc(N[C@@H](C)c2cc3cc(Cl)ccc3[nH]c2=O)c1. The Hall–Kier alpha value is -3.12. The number of hydrogen-bond acceptors (Lipinski definition) is 4. The van der Waals surface area contributed by atoms with Crippen molar-refractivity contribution >= 4 is 28.3 Å². The first-order valence-electron chi connectivity index (χ1n) is 9.98. The predicted octanol–water partition coefficient (Wildman–Crippen LogP) is 5.27. The Labute approximate surface area is 179 Å². The molecular weight excluding hydrogens is 398 g/mol. The van der Waals surface area contributed by atoms with Crippen molar-refractivity contribution in [3.05, 3.63) is 75.8 Å². The standard InChI is InChI=1S/C23H24ClN5O/c1-14(2)13-29-21(7-9-26-29)16-6-8-25-22(12-16)27-15(3)19-11-17-10-18(24)4-5-20(17)28-23(19)30/h4-12,14-15H,13H2,1-3H3,(H,25,27)(H,28,30)/t15-/m0/s1. The maximum absolute atomic E-state index is 12.6. The quantitative estimate of drug-likeness (QED) is 0.444. The van der Waals surface area contributed by atoms with Crippen LogP contribution in [-0.2, 0) is 6.54 Å². The van der Waals surface area contributed by atoms with E-state index >= 15 is 0 Å². The number of nitrogens with zero attached hydrogens (tertiary/aromatic N) is 3. The second-order valence-electron chi connectivity index (χ2n) is 7.87. The highest BCUT2D eigenvalue weighted by molar-refractivity contribution is 6.31. The van der Waals surface area contributed by atoms with Crippen molar-refractivity contribution in [1.29, 1.82) is 0 Å². The van der Waals surface area contributed by atoms with Crippen LogP contribution in [0.4, 0.5) is 5.82 Å². The normalized spacial score (nSPS) is 12.4. The number of halogens is 1. The molecule has 0 saturated heterocycles. The van der Waals surface area contributed by atoms with E-state index in [1.54, 1.807) is 12.3 Å². The van der Waals surface area contributed by atoms with Crippen LogP contribution in [0.1, 0.15) is 32.4 Å². The van der Waals surface area contributed by atoms with E-state index in [0.29, 0.717) is 22.3 Å². The minimum Gasteiger partial charge on any atom is -0.363 e. The summed E-state index contributed by atoms with van der Waals surface area (Å²) in [5.74, 6) is 1.19. The zero-order chi connectivity index (χ0) is 21.3. The van der Waals surface area contributed by atoms with E-state index < -0.39 is 0 Å². The molecule has 0 unspecified atom stereocenters. The van der Waals surface area contributed by atoms with Crippen molar-refractivity contribution in [1.82, 2.24) is 19.7 Å². The number of nitrogens with one attached hydrogen (secondary N) is 2. The summed E-state index contributed by atoms with van der Waals surface area (Å²) >= 11 is 6.11. The Bertz CT molecular complexity index is 1240. The van der Waals surface area contributed by atoms with E-state index in [1.165, 1.54) is 0 Å². The lowest BCUT2D eigenvalue weighted by Crippen LogP contribution is -2.19. The van der Waals surface area contributed by atoms with E-state index in [4.69, 9.17) is 11.6 Å². The third kappa shape index (κ3) is 4.24. The van der Waals surface area contributed by atoms with Gasteiger partial charge in [-0.3, -0.25) is 9.48 Å². The van der Waals surface area contributed by atoms with Crippen LogP contribution in [0.2, 0.25) is 5.02 Å². The third-order valence-electron chi connectivity index (χ3n) is 4.98. The molecule has 6 nitrogen and oxygen atoms in total. The molecule has 0 aliphatic rings. The van der Waals surface area contributed by atoms with Crippen molar-refractivity contribution in [3.8, 4) is 11.3 Å². The number of fused-ring (bicyclic) bond motifs is 1. The van der Waals surface area contributed by atoms with Crippen LogP contribution in [-0.4, -0.2) is 19.7 Å². The van der Waals surface area contributed by atoms with E-state index in [9.17, 15) is 4.79 Å². The molecule has 0 amide bonds. The van der Waals surface area contributed by atoms with Crippen molar-refractivity contribution in [2.75, 3.05) is 5.32 Å². The minimum absolute atomic E-state index is 0.129. The highest BCUT2D eigenvalue weighted by atomic mass is 35.5. The molecule has 3 aromatic heterocycles. The van der Waals surface area contributed by atoms with Crippen LogP contribution in [0, 0.1) is 5.92 Å². The average molecular weight is 422 g/mol. The second kappa shape index (κ2) is 8.32. The van der Waals surface area contributed by atoms with Crippen LogP contribution >= 0.6 is 11.6 Å². The zero-order valence-corrected chi connectivity index (χ0v) is 17.9. The van der Waals surface area contributed by atoms with Gasteiger partial charge in [-0.05, 0) is 55.3 Å². The Morgan fingerprint density at radius 3 is 2.73 bits per heavy atom. The molecule has 0 saturated carbocycles. The summed E-state index contributed by atoms with van der Waals surface area (Å²) in [7, 11) is 0. The first-order valence-corrected chi connectivity index (χ1v) is 10.4. The van der Waals surface area contributed by atoms with Gasteiger partial charge in [-0.1, -0.05) is 25.4 Å². The van der Waals surface area contributed by atoms with Crippen LogP contribution < -0.4 is 10.9 Å². The maximum atomic E-state index is 12.6. The van der Waals surface area contributed by atoms with Gasteiger partial charge in [0.2, 0.25) is 0 Å². The van der Waals surface area contributed by atoms with Gasteiger partial charge in [-0.25, -0.2) is 4.98 Å². The van der Waals surface area contributed by atoms with Gasteiger partial charge in [0, 0.05) is 46.0 Å². The monoisotopic (exact) mass is 421 g/mol. The van der Waals surface area contributed by atoms with Gasteiger partial charge in [0.25, 0.3) is 5.56 Å². The molecule has 4 rings (SSSR count). The van der Waals surface area contributed by atoms with Crippen molar-refractivity contribution in [2.24, 2.45) is 5.92 Å².